The van der Waals surface area contributed by atoms with Gasteiger partial charge in [-0.05, 0) is 84.8 Å². The molecule has 8 N–H and O–H groups in total. The van der Waals surface area contributed by atoms with Crippen LogP contribution < -0.4 is 40.0 Å². The van der Waals surface area contributed by atoms with E-state index in [9.17, 15) is 43.4 Å². The predicted molar refractivity (Wildman–Crippen MR) is 328 cm³/mol. The van der Waals surface area contributed by atoms with E-state index in [1.165, 1.54) is 22.4 Å². The summed E-state index contributed by atoms with van der Waals surface area (Å²) in [7, 11) is -13.3. The number of azide groups is 2. The van der Waals surface area contributed by atoms with Gasteiger partial charge in [0.2, 0.25) is 17.1 Å². The summed E-state index contributed by atoms with van der Waals surface area (Å²) >= 11 is 0. The molecular weight excluding hydrogens is 1280 g/mol. The average Bonchev–Trinajstić information content (AvgIpc) is 1.21. The van der Waals surface area contributed by atoms with Gasteiger partial charge in [-0.1, -0.05) is 28.1 Å². The number of nitrogens with one attached hydrogen (secondary N) is 2. The standard InChI is InChI=1S/C56H65N14O20P3/c1-68-44-15-14-41(81-2)24-38(44)22-39-29-85-46-26-45-35(25-43(46)53(39)68)10-6-18-69(45)19-7-12-40(71)11-5-17-61-56(73)36-8-3-13-42(23-36)84-32-50(65-67-59)83-21-20-82-31-49(72)60-16-4-9-37-28-70(55-52(37)54(57)62-33-63-55)51-27-47(86-34-64-66-58)48(88-51)30-87-92(77,78)90-93(79,80)89-91(74,75)76/h3,8,13-15,22-26,28,33,47-48,50-51H,5-7,10-12,16-21,27,29-32,34H2,1-2H3,(H7-,57,60,61,62,63,72,73,74,75,76,77,78,79,80)/p+1/t47?,48-,50?,51-/m1/s1. The third-order valence-corrected chi connectivity index (χ3v) is 18.6. The molecule has 34 nitrogen and oxygen atoms in total. The molecule has 6 heterocycles. The van der Waals surface area contributed by atoms with Gasteiger partial charge in [0.05, 0.1) is 67.0 Å². The molecule has 0 spiro atoms. The minimum Gasteiger partial charge on any atom is -0.497 e. The minimum absolute atomic E-state index is 0.0132. The number of aryl methyl sites for hydroxylation is 2. The number of Topliss-reactive ketones (excluding diaryl/α,β-unsaturated/α-hetero) is 1. The van der Waals surface area contributed by atoms with Crippen LogP contribution in [0.1, 0.15) is 71.8 Å². The number of pyridine rings is 1. The number of carbonyl (C=O) groups is 3. The van der Waals surface area contributed by atoms with E-state index >= 15 is 0 Å². The number of nitrogens with zero attached hydrogens (tertiary/aromatic N) is 11. The van der Waals surface area contributed by atoms with Crippen molar-refractivity contribution >= 4 is 74.5 Å². The first kappa shape index (κ1) is 69.1. The Morgan fingerprint density at radius 2 is 1.80 bits per heavy atom. The van der Waals surface area contributed by atoms with Gasteiger partial charge < -0.3 is 78.6 Å². The summed E-state index contributed by atoms with van der Waals surface area (Å²) in [5.41, 5.74) is 31.8. The fourth-order valence-corrected chi connectivity index (χ4v) is 13.8. The molecular formula is C56H66N14O20P3+. The molecule has 494 valence electrons. The van der Waals surface area contributed by atoms with E-state index in [0.717, 1.165) is 77.2 Å². The highest BCUT2D eigenvalue weighted by atomic mass is 31.3. The number of hydrogen-bond acceptors (Lipinski definition) is 22. The Bertz CT molecular complexity index is 4080. The SMILES string of the molecule is COc1ccc2c(c1)cc1c([n+]2C)-c2cc3c(cc2OC1)N(CCCC(=O)CCCNC(=O)c1cccc(OCC(N=[N+]=[N-])OCCOCC(=O)NCC#Cc2cn([C@H]4CC(OCN=[N+]=[N-])[C@@H](COP(=O)(O)OP(=O)(O)OP(=O)(O)O)O4)c4ncnc(N)c24)c1)CCC3. The van der Waals surface area contributed by atoms with Crippen molar-refractivity contribution in [3.05, 3.63) is 116 Å². The van der Waals surface area contributed by atoms with Crippen molar-refractivity contribution in [2.75, 3.05) is 83.7 Å². The molecule has 9 rings (SSSR count). The number of anilines is 2. The monoisotopic (exact) mass is 1350 g/mol. The lowest BCUT2D eigenvalue weighted by Gasteiger charge is -2.33. The van der Waals surface area contributed by atoms with Crippen LogP contribution >= 0.6 is 23.5 Å². The molecule has 93 heavy (non-hydrogen) atoms. The number of phosphoric acid groups is 3. The van der Waals surface area contributed by atoms with Crippen LogP contribution in [0.4, 0.5) is 11.5 Å². The largest absolute Gasteiger partial charge is 0.497 e. The summed E-state index contributed by atoms with van der Waals surface area (Å²) in [5.74, 6) is 6.86. The van der Waals surface area contributed by atoms with Gasteiger partial charge >= 0.3 is 23.5 Å². The van der Waals surface area contributed by atoms with E-state index in [2.05, 4.69) is 102 Å². The maximum absolute atomic E-state index is 13.1. The summed E-state index contributed by atoms with van der Waals surface area (Å²) in [6, 6.07) is 19.1. The van der Waals surface area contributed by atoms with E-state index in [1.54, 1.807) is 25.3 Å². The molecule has 3 aromatic carbocycles. The first-order valence-electron chi connectivity index (χ1n) is 28.8. The third-order valence-electron chi connectivity index (χ3n) is 14.8. The molecule has 4 unspecified atom stereocenters. The highest BCUT2D eigenvalue weighted by molar-refractivity contribution is 7.66. The van der Waals surface area contributed by atoms with Crippen LogP contribution in [0.5, 0.6) is 17.2 Å². The Morgan fingerprint density at radius 3 is 2.59 bits per heavy atom. The van der Waals surface area contributed by atoms with Crippen LogP contribution in [0.15, 0.2) is 83.4 Å². The lowest BCUT2D eigenvalue weighted by Crippen LogP contribution is -2.35. The average molecular weight is 1350 g/mol. The summed E-state index contributed by atoms with van der Waals surface area (Å²) in [6.07, 6.45) is 2.05. The first-order chi connectivity index (χ1) is 44.6. The molecule has 0 radical (unpaired) electrons. The molecule has 6 atom stereocenters. The zero-order valence-electron chi connectivity index (χ0n) is 50.1. The quantitative estimate of drug-likeness (QED) is 0.00458. The number of aromatic nitrogens is 4. The van der Waals surface area contributed by atoms with Crippen molar-refractivity contribution in [2.45, 2.75) is 76.2 Å². The lowest BCUT2D eigenvalue weighted by atomic mass is 9.93. The number of nitrogens with two attached hydrogens (primary N) is 1. The predicted octanol–water partition coefficient (Wildman–Crippen LogP) is 6.37. The van der Waals surface area contributed by atoms with Crippen LogP contribution in [0.2, 0.25) is 0 Å². The van der Waals surface area contributed by atoms with Crippen molar-refractivity contribution in [1.29, 1.82) is 0 Å². The topological polar surface area (TPSA) is 461 Å². The molecule has 3 aliphatic heterocycles. The second kappa shape index (κ2) is 31.6. The zero-order chi connectivity index (χ0) is 66.3. The molecule has 2 amide bonds. The number of carbonyl (C=O) groups excluding carboxylic acids is 3. The number of rotatable bonds is 32. The summed E-state index contributed by atoms with van der Waals surface area (Å²) in [4.78, 5) is 92.0. The van der Waals surface area contributed by atoms with Crippen molar-refractivity contribution in [2.24, 2.45) is 17.3 Å². The van der Waals surface area contributed by atoms with Gasteiger partial charge in [-0.25, -0.2) is 23.7 Å². The van der Waals surface area contributed by atoms with Gasteiger partial charge in [0.15, 0.2) is 6.23 Å². The summed E-state index contributed by atoms with van der Waals surface area (Å²) < 4.78 is 91.5. The number of benzene rings is 3. The lowest BCUT2D eigenvalue weighted by molar-refractivity contribution is -0.634. The minimum atomic E-state index is -5.82. The van der Waals surface area contributed by atoms with Crippen LogP contribution in [0.3, 0.4) is 0 Å². The molecule has 3 aliphatic rings. The van der Waals surface area contributed by atoms with Gasteiger partial charge in [-0.2, -0.15) is 13.2 Å². The number of methoxy groups -OCH3 is 1. The van der Waals surface area contributed by atoms with Crippen LogP contribution in [0, 0.1) is 11.8 Å². The molecule has 6 aromatic rings. The fraction of sp³-hybridized carbons (Fsp3) is 0.429. The third kappa shape index (κ3) is 18.7. The maximum atomic E-state index is 13.1. The number of fused-ring (bicyclic) bond motifs is 6. The van der Waals surface area contributed by atoms with Crippen LogP contribution in [0.25, 0.3) is 54.1 Å². The van der Waals surface area contributed by atoms with Crippen LogP contribution in [-0.2, 0) is 75.5 Å². The normalized spacial score (nSPS) is 17.4. The van der Waals surface area contributed by atoms with Gasteiger partial charge in [0, 0.05) is 78.3 Å². The van der Waals surface area contributed by atoms with Gasteiger partial charge in [-0.15, -0.1) is 0 Å². The Balaban J connectivity index is 0.666. The number of hydrogen-bond donors (Lipinski definition) is 7. The molecule has 0 bridgehead atoms. The Labute approximate surface area is 530 Å². The Kier molecular flexibility index (Phi) is 23.5. The molecule has 3 aromatic heterocycles. The highest BCUT2D eigenvalue weighted by Gasteiger charge is 2.44. The van der Waals surface area contributed by atoms with Crippen molar-refractivity contribution in [1.82, 2.24) is 25.2 Å². The molecule has 1 saturated heterocycles. The van der Waals surface area contributed by atoms with E-state index in [4.69, 9.17) is 58.7 Å². The summed E-state index contributed by atoms with van der Waals surface area (Å²) in [6.45, 7) is -0.0172. The number of phosphoric ester groups is 1. The molecule has 1 fully saturated rings. The van der Waals surface area contributed by atoms with E-state index in [1.807, 2.05) is 12.1 Å². The van der Waals surface area contributed by atoms with Crippen molar-refractivity contribution in [3.63, 3.8) is 0 Å². The number of ether oxygens (including phenoxy) is 7. The van der Waals surface area contributed by atoms with Gasteiger partial charge in [0.25, 0.3) is 5.91 Å². The Morgan fingerprint density at radius 1 is 0.968 bits per heavy atom. The maximum Gasteiger partial charge on any atom is 0.490 e. The van der Waals surface area contributed by atoms with Crippen molar-refractivity contribution < 1.29 is 98.5 Å². The van der Waals surface area contributed by atoms with E-state index < -0.39 is 74.0 Å². The van der Waals surface area contributed by atoms with E-state index in [0.29, 0.717) is 43.6 Å². The van der Waals surface area contributed by atoms with Crippen LogP contribution in [-0.4, -0.2) is 143 Å². The van der Waals surface area contributed by atoms with Gasteiger partial charge in [0.1, 0.15) is 86.8 Å². The second-order valence-electron chi connectivity index (χ2n) is 21.1. The van der Waals surface area contributed by atoms with Gasteiger partial charge in [-0.3, -0.25) is 18.9 Å². The Hall–Kier alpha value is -8.27. The smallest absolute Gasteiger partial charge is 0.490 e. The van der Waals surface area contributed by atoms with E-state index in [-0.39, 0.29) is 73.4 Å². The molecule has 0 saturated carbocycles. The highest BCUT2D eigenvalue weighted by Crippen LogP contribution is 2.66. The molecule has 0 aliphatic carbocycles. The first-order valence-corrected chi connectivity index (χ1v) is 33.4. The number of ketones is 1. The number of amides is 2. The molecule has 37 heteroatoms. The fourth-order valence-electron chi connectivity index (χ4n) is 10.8. The summed E-state index contributed by atoms with van der Waals surface area (Å²) in [5, 5.41) is 13.7. The number of nitrogen functional groups attached to an aromatic ring is 1. The zero-order valence-corrected chi connectivity index (χ0v) is 52.8. The van der Waals surface area contributed by atoms with Crippen molar-refractivity contribution in [3.8, 4) is 40.3 Å². The second-order valence-corrected chi connectivity index (χ2v) is 25.5.